The smallest absolute Gasteiger partial charge is 0.408 e. The summed E-state index contributed by atoms with van der Waals surface area (Å²) in [6, 6.07) is 5.00. The van der Waals surface area contributed by atoms with Crippen molar-refractivity contribution in [2.24, 2.45) is 7.05 Å². The molecule has 1 aliphatic rings. The number of anilines is 1. The molecule has 9 nitrogen and oxygen atoms in total. The molecular weight excluding hydrogens is 336 g/mol. The van der Waals surface area contributed by atoms with Crippen LogP contribution in [0.4, 0.5) is 10.5 Å². The number of nitrogens with one attached hydrogen (secondary N) is 2. The molecule has 0 radical (unpaired) electrons. The van der Waals surface area contributed by atoms with E-state index in [9.17, 15) is 9.59 Å². The number of fused-ring (bicyclic) bond motifs is 1. The van der Waals surface area contributed by atoms with Gasteiger partial charge in [0.15, 0.2) is 11.4 Å². The Morgan fingerprint density at radius 3 is 2.81 bits per heavy atom. The van der Waals surface area contributed by atoms with Gasteiger partial charge < -0.3 is 14.6 Å². The highest BCUT2D eigenvalue weighted by molar-refractivity contribution is 5.91. The minimum absolute atomic E-state index is 0.150. The summed E-state index contributed by atoms with van der Waals surface area (Å²) in [7, 11) is 1.63. The highest BCUT2D eigenvalue weighted by Crippen LogP contribution is 2.26. The lowest BCUT2D eigenvalue weighted by atomic mass is 9.96. The number of carbonyl (C=O) groups excluding carboxylic acids is 1. The molecule has 0 bridgehead atoms. The number of aryl methyl sites for hydroxylation is 2. The summed E-state index contributed by atoms with van der Waals surface area (Å²) < 4.78 is 6.51. The average molecular weight is 356 g/mol. The second-order valence-electron chi connectivity index (χ2n) is 6.58. The third-order valence-corrected chi connectivity index (χ3v) is 4.80. The van der Waals surface area contributed by atoms with Gasteiger partial charge in [0.05, 0.1) is 5.52 Å². The number of oxazole rings is 1. The molecule has 2 aromatic heterocycles. The molecule has 0 spiro atoms. The third kappa shape index (κ3) is 2.96. The second-order valence-corrected chi connectivity index (χ2v) is 6.58. The summed E-state index contributed by atoms with van der Waals surface area (Å²) in [6.07, 6.45) is 1.67. The largest absolute Gasteiger partial charge is 0.419 e. The maximum Gasteiger partial charge on any atom is 0.419 e. The Morgan fingerprint density at radius 1 is 1.35 bits per heavy atom. The first-order valence-corrected chi connectivity index (χ1v) is 8.55. The van der Waals surface area contributed by atoms with Crippen molar-refractivity contribution >= 4 is 22.8 Å². The number of nitrogens with zero attached hydrogens (tertiary/aromatic N) is 4. The van der Waals surface area contributed by atoms with E-state index in [4.69, 9.17) is 4.42 Å². The van der Waals surface area contributed by atoms with E-state index in [0.717, 1.165) is 24.5 Å². The van der Waals surface area contributed by atoms with Crippen LogP contribution >= 0.6 is 0 Å². The Labute approximate surface area is 149 Å². The van der Waals surface area contributed by atoms with Gasteiger partial charge in [-0.25, -0.2) is 14.6 Å². The van der Waals surface area contributed by atoms with Crippen molar-refractivity contribution in [3.8, 4) is 0 Å². The van der Waals surface area contributed by atoms with Crippen molar-refractivity contribution in [3.05, 3.63) is 40.4 Å². The normalized spacial score (nSPS) is 15.5. The number of benzene rings is 1. The van der Waals surface area contributed by atoms with Gasteiger partial charge >= 0.3 is 11.8 Å². The minimum Gasteiger partial charge on any atom is -0.408 e. The highest BCUT2D eigenvalue weighted by Gasteiger charge is 2.26. The van der Waals surface area contributed by atoms with Gasteiger partial charge in [-0.3, -0.25) is 9.67 Å². The van der Waals surface area contributed by atoms with E-state index in [0.29, 0.717) is 29.9 Å². The molecule has 0 aliphatic carbocycles. The SMILES string of the molecule is Cc1nc(C2CCN(C(=O)Nc3ccc4oc(=O)n(C)c4c3)CC2)n[nH]1. The maximum atomic E-state index is 12.5. The zero-order chi connectivity index (χ0) is 18.3. The van der Waals surface area contributed by atoms with E-state index in [2.05, 4.69) is 20.5 Å². The first-order chi connectivity index (χ1) is 12.5. The van der Waals surface area contributed by atoms with Crippen LogP contribution in [0.5, 0.6) is 0 Å². The molecule has 0 atom stereocenters. The van der Waals surface area contributed by atoms with E-state index in [1.54, 1.807) is 30.1 Å². The second kappa shape index (κ2) is 6.32. The molecule has 1 fully saturated rings. The van der Waals surface area contributed by atoms with Gasteiger partial charge in [-0.05, 0) is 38.0 Å². The Morgan fingerprint density at radius 2 is 2.12 bits per heavy atom. The van der Waals surface area contributed by atoms with Gasteiger partial charge in [0.25, 0.3) is 0 Å². The van der Waals surface area contributed by atoms with Crippen LogP contribution in [-0.2, 0) is 7.05 Å². The third-order valence-electron chi connectivity index (χ3n) is 4.80. The molecule has 1 aliphatic heterocycles. The zero-order valence-electron chi connectivity index (χ0n) is 14.7. The zero-order valence-corrected chi connectivity index (χ0v) is 14.7. The average Bonchev–Trinajstić information content (AvgIpc) is 3.19. The number of hydrogen-bond acceptors (Lipinski definition) is 5. The molecule has 9 heteroatoms. The van der Waals surface area contributed by atoms with Crippen LogP contribution in [0.2, 0.25) is 0 Å². The molecule has 136 valence electrons. The molecule has 3 heterocycles. The van der Waals surface area contributed by atoms with Gasteiger partial charge in [-0.15, -0.1) is 0 Å². The van der Waals surface area contributed by atoms with E-state index < -0.39 is 5.76 Å². The molecule has 0 unspecified atom stereocenters. The van der Waals surface area contributed by atoms with Gasteiger partial charge in [0.2, 0.25) is 0 Å². The fourth-order valence-electron chi connectivity index (χ4n) is 3.29. The summed E-state index contributed by atoms with van der Waals surface area (Å²) in [5.74, 6) is 1.49. The molecule has 1 aromatic carbocycles. The molecule has 3 aromatic rings. The van der Waals surface area contributed by atoms with Crippen molar-refractivity contribution in [1.29, 1.82) is 0 Å². The standard InChI is InChI=1S/C17H20N6O3/c1-10-18-15(21-20-10)11-5-7-23(8-6-11)16(24)19-12-3-4-14-13(9-12)22(2)17(25)26-14/h3-4,9,11H,5-8H2,1-2H3,(H,19,24)(H,18,20,21). The number of urea groups is 1. The van der Waals surface area contributed by atoms with Crippen molar-refractivity contribution in [2.45, 2.75) is 25.7 Å². The summed E-state index contributed by atoms with van der Waals surface area (Å²) in [5.41, 5.74) is 1.77. The van der Waals surface area contributed by atoms with Gasteiger partial charge in [0, 0.05) is 31.7 Å². The number of likely N-dealkylation sites (tertiary alicyclic amines) is 1. The van der Waals surface area contributed by atoms with Crippen molar-refractivity contribution in [2.75, 3.05) is 18.4 Å². The first-order valence-electron chi connectivity index (χ1n) is 8.55. The first kappa shape index (κ1) is 16.4. The Bertz CT molecular complexity index is 1010. The Hall–Kier alpha value is -3.10. The fourth-order valence-corrected chi connectivity index (χ4v) is 3.29. The van der Waals surface area contributed by atoms with E-state index >= 15 is 0 Å². The lowest BCUT2D eigenvalue weighted by Crippen LogP contribution is -2.40. The highest BCUT2D eigenvalue weighted by atomic mass is 16.4. The summed E-state index contributed by atoms with van der Waals surface area (Å²) in [5, 5.41) is 9.98. The van der Waals surface area contributed by atoms with Crippen molar-refractivity contribution in [1.82, 2.24) is 24.6 Å². The number of aromatic nitrogens is 4. The molecule has 2 amide bonds. The van der Waals surface area contributed by atoms with Crippen LogP contribution in [0.15, 0.2) is 27.4 Å². The van der Waals surface area contributed by atoms with Crippen LogP contribution in [-0.4, -0.2) is 43.8 Å². The molecule has 26 heavy (non-hydrogen) atoms. The van der Waals surface area contributed by atoms with Crippen molar-refractivity contribution < 1.29 is 9.21 Å². The van der Waals surface area contributed by atoms with E-state index in [1.807, 2.05) is 6.92 Å². The maximum absolute atomic E-state index is 12.5. The quantitative estimate of drug-likeness (QED) is 0.730. The Balaban J connectivity index is 1.41. The number of H-pyrrole nitrogens is 1. The molecule has 2 N–H and O–H groups in total. The topological polar surface area (TPSA) is 109 Å². The van der Waals surface area contributed by atoms with Crippen LogP contribution in [0.1, 0.15) is 30.4 Å². The number of amides is 2. The minimum atomic E-state index is -0.423. The predicted molar refractivity (Wildman–Crippen MR) is 95.1 cm³/mol. The number of carbonyl (C=O) groups is 1. The molecule has 4 rings (SSSR count). The lowest BCUT2D eigenvalue weighted by molar-refractivity contribution is 0.193. The number of aromatic amines is 1. The molecule has 1 saturated heterocycles. The van der Waals surface area contributed by atoms with Crippen LogP contribution in [0, 0.1) is 6.92 Å². The molecule has 0 saturated carbocycles. The fraction of sp³-hybridized carbons (Fsp3) is 0.412. The number of hydrogen-bond donors (Lipinski definition) is 2. The van der Waals surface area contributed by atoms with Crippen molar-refractivity contribution in [3.63, 3.8) is 0 Å². The van der Waals surface area contributed by atoms with Gasteiger partial charge in [-0.2, -0.15) is 5.10 Å². The summed E-state index contributed by atoms with van der Waals surface area (Å²) in [4.78, 5) is 30.3. The number of piperidine rings is 1. The number of rotatable bonds is 2. The molecular formula is C17H20N6O3. The van der Waals surface area contributed by atoms with E-state index in [-0.39, 0.29) is 11.9 Å². The van der Waals surface area contributed by atoms with Gasteiger partial charge in [0.1, 0.15) is 5.82 Å². The van der Waals surface area contributed by atoms with Crippen LogP contribution < -0.4 is 11.1 Å². The monoisotopic (exact) mass is 356 g/mol. The lowest BCUT2D eigenvalue weighted by Gasteiger charge is -2.30. The van der Waals surface area contributed by atoms with Crippen LogP contribution in [0.3, 0.4) is 0 Å². The Kier molecular flexibility index (Phi) is 3.98. The van der Waals surface area contributed by atoms with Gasteiger partial charge in [-0.1, -0.05) is 0 Å². The predicted octanol–water partition coefficient (Wildman–Crippen LogP) is 1.97. The summed E-state index contributed by atoms with van der Waals surface area (Å²) in [6.45, 7) is 3.18. The van der Waals surface area contributed by atoms with E-state index in [1.165, 1.54) is 4.57 Å². The summed E-state index contributed by atoms with van der Waals surface area (Å²) >= 11 is 0. The van der Waals surface area contributed by atoms with Crippen LogP contribution in [0.25, 0.3) is 11.1 Å².